The molecule has 416 valence electrons. The maximum Gasteiger partial charge on any atom is 0.472 e. The molecular formula is C58H113O11P. The number of phosphoric acid groups is 1. The summed E-state index contributed by atoms with van der Waals surface area (Å²) in [5, 5.41) is 9.77. The van der Waals surface area contributed by atoms with Crippen LogP contribution in [0.2, 0.25) is 0 Å². The van der Waals surface area contributed by atoms with Gasteiger partial charge < -0.3 is 24.2 Å². The fraction of sp³-hybridized carbons (Fsp3) is 0.948. The Labute approximate surface area is 431 Å². The van der Waals surface area contributed by atoms with E-state index in [1.54, 1.807) is 0 Å². The molecule has 3 unspecified atom stereocenters. The van der Waals surface area contributed by atoms with Gasteiger partial charge in [0.15, 0.2) is 6.10 Å². The molecule has 0 aliphatic carbocycles. The first-order valence-electron chi connectivity index (χ1n) is 29.9. The summed E-state index contributed by atoms with van der Waals surface area (Å²) in [7, 11) is -4.73. The minimum Gasteiger partial charge on any atom is -0.462 e. The van der Waals surface area contributed by atoms with Crippen molar-refractivity contribution in [1.29, 1.82) is 0 Å². The van der Waals surface area contributed by atoms with Crippen molar-refractivity contribution in [3.63, 3.8) is 0 Å². The Hall–Kier alpha value is -1.52. The number of phosphoric ester groups is 1. The van der Waals surface area contributed by atoms with E-state index in [0.29, 0.717) is 19.3 Å². The number of rotatable bonds is 57. The fourth-order valence-corrected chi connectivity index (χ4v) is 9.73. The molecule has 0 bridgehead atoms. The summed E-state index contributed by atoms with van der Waals surface area (Å²) in [6.07, 6.45) is 50.7. The lowest BCUT2D eigenvalue weighted by Gasteiger charge is -2.21. The molecule has 0 aromatic heterocycles. The molecule has 0 fully saturated rings. The normalized spacial score (nSPS) is 13.3. The molecule has 0 heterocycles. The van der Waals surface area contributed by atoms with Gasteiger partial charge in [-0.15, -0.1) is 0 Å². The Morgan fingerprint density at radius 2 is 0.571 bits per heavy atom. The molecule has 70 heavy (non-hydrogen) atoms. The van der Waals surface area contributed by atoms with Crippen molar-refractivity contribution in [2.24, 2.45) is 0 Å². The van der Waals surface area contributed by atoms with E-state index >= 15 is 0 Å². The molecule has 12 heteroatoms. The predicted octanol–water partition coefficient (Wildman–Crippen LogP) is 17.5. The van der Waals surface area contributed by atoms with Crippen LogP contribution in [0.4, 0.5) is 0 Å². The van der Waals surface area contributed by atoms with E-state index in [-0.39, 0.29) is 25.9 Å². The van der Waals surface area contributed by atoms with Crippen LogP contribution in [0.5, 0.6) is 0 Å². The van der Waals surface area contributed by atoms with Crippen LogP contribution in [0.3, 0.4) is 0 Å². The molecule has 0 aliphatic heterocycles. The SMILES string of the molecule is CCCCCCCCCCCCCCCCCCCCCC(=O)OCC(COP(=O)(O)OCC(CO)OC(=O)CCCCCCCCCCC)OC(=O)CCCCCCCCCCCCCCCCC. The van der Waals surface area contributed by atoms with E-state index in [4.69, 9.17) is 23.3 Å². The van der Waals surface area contributed by atoms with Crippen LogP contribution >= 0.6 is 7.82 Å². The van der Waals surface area contributed by atoms with Gasteiger partial charge in [0.2, 0.25) is 0 Å². The Balaban J connectivity index is 4.61. The molecule has 0 saturated heterocycles. The number of hydrogen-bond acceptors (Lipinski definition) is 10. The van der Waals surface area contributed by atoms with E-state index in [9.17, 15) is 28.9 Å². The van der Waals surface area contributed by atoms with Crippen molar-refractivity contribution in [2.45, 2.75) is 328 Å². The minimum atomic E-state index is -4.73. The van der Waals surface area contributed by atoms with Crippen LogP contribution in [0.1, 0.15) is 316 Å². The maximum absolute atomic E-state index is 12.9. The summed E-state index contributed by atoms with van der Waals surface area (Å²) in [6, 6.07) is 0. The van der Waals surface area contributed by atoms with Crippen LogP contribution in [-0.2, 0) is 42.2 Å². The lowest BCUT2D eigenvalue weighted by atomic mass is 10.0. The summed E-state index contributed by atoms with van der Waals surface area (Å²) < 4.78 is 39.5. The third-order valence-electron chi connectivity index (χ3n) is 13.5. The van der Waals surface area contributed by atoms with E-state index in [2.05, 4.69) is 20.8 Å². The highest BCUT2D eigenvalue weighted by atomic mass is 31.2. The predicted molar refractivity (Wildman–Crippen MR) is 289 cm³/mol. The van der Waals surface area contributed by atoms with Gasteiger partial charge >= 0.3 is 25.7 Å². The highest BCUT2D eigenvalue weighted by Gasteiger charge is 2.28. The van der Waals surface area contributed by atoms with Crippen molar-refractivity contribution in [3.8, 4) is 0 Å². The summed E-state index contributed by atoms with van der Waals surface area (Å²) in [5.74, 6) is -1.43. The second-order valence-corrected chi connectivity index (χ2v) is 22.0. The fourth-order valence-electron chi connectivity index (χ4n) is 8.95. The number of hydrogen-bond donors (Lipinski definition) is 2. The van der Waals surface area contributed by atoms with E-state index in [1.807, 2.05) is 0 Å². The Morgan fingerprint density at radius 3 is 0.843 bits per heavy atom. The zero-order valence-electron chi connectivity index (χ0n) is 46.0. The van der Waals surface area contributed by atoms with Gasteiger partial charge in [-0.3, -0.25) is 23.4 Å². The molecule has 0 aliphatic rings. The van der Waals surface area contributed by atoms with Gasteiger partial charge in [0.05, 0.1) is 19.8 Å². The highest BCUT2D eigenvalue weighted by molar-refractivity contribution is 7.47. The van der Waals surface area contributed by atoms with Gasteiger partial charge in [-0.1, -0.05) is 278 Å². The van der Waals surface area contributed by atoms with Gasteiger partial charge in [0, 0.05) is 19.3 Å². The Kier molecular flexibility index (Phi) is 52.6. The van der Waals surface area contributed by atoms with Gasteiger partial charge in [0.1, 0.15) is 12.7 Å². The molecule has 0 aromatic rings. The third kappa shape index (κ3) is 51.4. The Bertz CT molecular complexity index is 1190. The number of esters is 3. The molecule has 3 atom stereocenters. The molecule has 0 aromatic carbocycles. The lowest BCUT2D eigenvalue weighted by molar-refractivity contribution is -0.161. The zero-order chi connectivity index (χ0) is 51.3. The third-order valence-corrected chi connectivity index (χ3v) is 14.5. The number of ether oxygens (including phenoxy) is 3. The van der Waals surface area contributed by atoms with Crippen molar-refractivity contribution in [1.82, 2.24) is 0 Å². The second-order valence-electron chi connectivity index (χ2n) is 20.5. The van der Waals surface area contributed by atoms with Crippen molar-refractivity contribution in [3.05, 3.63) is 0 Å². The maximum atomic E-state index is 12.9. The summed E-state index contributed by atoms with van der Waals surface area (Å²) in [6.45, 7) is 4.70. The number of unbranched alkanes of at least 4 members (excludes halogenated alkanes) is 40. The number of carbonyl (C=O) groups excluding carboxylic acids is 3. The van der Waals surface area contributed by atoms with Crippen molar-refractivity contribution < 1.29 is 52.2 Å². The van der Waals surface area contributed by atoms with Gasteiger partial charge in [0.25, 0.3) is 0 Å². The smallest absolute Gasteiger partial charge is 0.462 e. The number of carbonyl (C=O) groups is 3. The van der Waals surface area contributed by atoms with Crippen LogP contribution in [0.15, 0.2) is 0 Å². The van der Waals surface area contributed by atoms with E-state index in [1.165, 1.54) is 199 Å². The minimum absolute atomic E-state index is 0.179. The standard InChI is InChI=1S/C58H113O11P/c1-4-7-10-13-16-19-21-23-25-26-27-28-30-31-33-36-38-41-44-47-56(60)65-51-55(69-58(62)49-46-43-40-37-34-32-29-24-22-20-17-14-11-8-5-2)53-67-70(63,64)66-52-54(50-59)68-57(61)48-45-42-39-35-18-15-12-9-6-3/h54-55,59H,4-53H2,1-3H3,(H,63,64). The molecule has 0 spiro atoms. The first kappa shape index (κ1) is 68.5. The van der Waals surface area contributed by atoms with E-state index < -0.39 is 57.8 Å². The molecule has 0 radical (unpaired) electrons. The molecule has 0 saturated carbocycles. The van der Waals surface area contributed by atoms with Crippen LogP contribution < -0.4 is 0 Å². The number of aliphatic hydroxyl groups excluding tert-OH is 1. The largest absolute Gasteiger partial charge is 0.472 e. The lowest BCUT2D eigenvalue weighted by Crippen LogP contribution is -2.30. The first-order valence-corrected chi connectivity index (χ1v) is 31.4. The molecule has 11 nitrogen and oxygen atoms in total. The van der Waals surface area contributed by atoms with E-state index in [0.717, 1.165) is 57.8 Å². The second kappa shape index (κ2) is 53.8. The molecule has 0 rings (SSSR count). The molecule has 2 N–H and O–H groups in total. The van der Waals surface area contributed by atoms with Crippen LogP contribution in [0.25, 0.3) is 0 Å². The number of aliphatic hydroxyl groups is 1. The topological polar surface area (TPSA) is 155 Å². The van der Waals surface area contributed by atoms with Crippen molar-refractivity contribution >= 4 is 25.7 Å². The average Bonchev–Trinajstić information content (AvgIpc) is 3.35. The van der Waals surface area contributed by atoms with Crippen LogP contribution in [0, 0.1) is 0 Å². The Morgan fingerprint density at radius 1 is 0.343 bits per heavy atom. The quantitative estimate of drug-likeness (QED) is 0.0259. The first-order chi connectivity index (χ1) is 34.2. The van der Waals surface area contributed by atoms with Gasteiger partial charge in [-0.05, 0) is 19.3 Å². The van der Waals surface area contributed by atoms with Gasteiger partial charge in [-0.25, -0.2) is 4.57 Å². The summed E-state index contributed by atoms with van der Waals surface area (Å²) in [5.41, 5.74) is 0. The van der Waals surface area contributed by atoms with Gasteiger partial charge in [-0.2, -0.15) is 0 Å². The molecule has 0 amide bonds. The summed E-state index contributed by atoms with van der Waals surface area (Å²) in [4.78, 5) is 48.5. The molecular weight excluding hydrogens is 904 g/mol. The van der Waals surface area contributed by atoms with Crippen molar-refractivity contribution in [2.75, 3.05) is 26.4 Å². The summed E-state index contributed by atoms with van der Waals surface area (Å²) >= 11 is 0. The highest BCUT2D eigenvalue weighted by Crippen LogP contribution is 2.43. The van der Waals surface area contributed by atoms with Crippen LogP contribution in [-0.4, -0.2) is 66.5 Å². The monoisotopic (exact) mass is 1020 g/mol. The zero-order valence-corrected chi connectivity index (χ0v) is 46.9. The average molecular weight is 1020 g/mol.